The van der Waals surface area contributed by atoms with Crippen LogP contribution in [0.25, 0.3) is 10.9 Å². The van der Waals surface area contributed by atoms with E-state index in [-0.39, 0.29) is 0 Å². The highest BCUT2D eigenvalue weighted by Crippen LogP contribution is 2.21. The van der Waals surface area contributed by atoms with E-state index >= 15 is 0 Å². The van der Waals surface area contributed by atoms with Crippen LogP contribution in [0.2, 0.25) is 0 Å². The fourth-order valence-electron chi connectivity index (χ4n) is 2.28. The monoisotopic (exact) mass is 242 g/mol. The first kappa shape index (κ1) is 13.0. The maximum Gasteiger partial charge on any atom is 0.0708 e. The maximum atomic E-state index is 5.68. The summed E-state index contributed by atoms with van der Waals surface area (Å²) in [5.41, 5.74) is 10.6. The lowest BCUT2D eigenvalue weighted by atomic mass is 10.0. The molecule has 18 heavy (non-hydrogen) atoms. The van der Waals surface area contributed by atoms with Gasteiger partial charge >= 0.3 is 0 Å². The van der Waals surface area contributed by atoms with Crippen molar-refractivity contribution < 1.29 is 0 Å². The average Bonchev–Trinajstić information content (AvgIpc) is 2.38. The number of aromatic nitrogens is 1. The van der Waals surface area contributed by atoms with Crippen molar-refractivity contribution in [3.8, 4) is 0 Å². The van der Waals surface area contributed by atoms with Crippen molar-refractivity contribution in [3.05, 3.63) is 41.1 Å². The molecule has 0 amide bonds. The summed E-state index contributed by atoms with van der Waals surface area (Å²) in [4.78, 5) is 4.74. The van der Waals surface area contributed by atoms with Crippen LogP contribution in [-0.2, 0) is 12.8 Å². The van der Waals surface area contributed by atoms with Gasteiger partial charge in [0.15, 0.2) is 0 Å². The highest BCUT2D eigenvalue weighted by atomic mass is 14.7. The average molecular weight is 242 g/mol. The van der Waals surface area contributed by atoms with Crippen molar-refractivity contribution in [1.29, 1.82) is 0 Å². The van der Waals surface area contributed by atoms with Gasteiger partial charge in [-0.3, -0.25) is 4.98 Å². The predicted molar refractivity (Wildman–Crippen MR) is 77.8 cm³/mol. The summed E-state index contributed by atoms with van der Waals surface area (Å²) < 4.78 is 0. The van der Waals surface area contributed by atoms with Crippen molar-refractivity contribution in [1.82, 2.24) is 4.98 Å². The number of rotatable bonds is 4. The molecule has 2 heteroatoms. The predicted octanol–water partition coefficient (Wildman–Crippen LogP) is 3.24. The minimum atomic E-state index is 0.490. The molecule has 1 unspecified atom stereocenters. The normalized spacial score (nSPS) is 12.9. The third-order valence-corrected chi connectivity index (χ3v) is 3.50. The molecule has 1 atom stereocenters. The van der Waals surface area contributed by atoms with Crippen molar-refractivity contribution in [3.63, 3.8) is 0 Å². The Kier molecular flexibility index (Phi) is 3.97. The molecule has 0 radical (unpaired) electrons. The highest BCUT2D eigenvalue weighted by molar-refractivity contribution is 5.82. The Balaban J connectivity index is 2.43. The summed E-state index contributed by atoms with van der Waals surface area (Å²) in [6.07, 6.45) is 2.03. The van der Waals surface area contributed by atoms with Crippen LogP contribution in [0.1, 0.15) is 30.7 Å². The number of aryl methyl sites for hydroxylation is 2. The molecule has 96 valence electrons. The molecule has 0 saturated heterocycles. The van der Waals surface area contributed by atoms with E-state index in [2.05, 4.69) is 45.0 Å². The molecular weight excluding hydrogens is 220 g/mol. The number of fused-ring (bicyclic) bond motifs is 1. The Bertz CT molecular complexity index is 546. The summed E-state index contributed by atoms with van der Waals surface area (Å²) in [5, 5.41) is 1.28. The zero-order chi connectivity index (χ0) is 13.1. The van der Waals surface area contributed by atoms with Gasteiger partial charge < -0.3 is 5.73 Å². The second-order valence-electron chi connectivity index (χ2n) is 5.18. The first-order valence-corrected chi connectivity index (χ1v) is 6.73. The molecule has 0 aliphatic carbocycles. The van der Waals surface area contributed by atoms with E-state index in [0.717, 1.165) is 24.1 Å². The quantitative estimate of drug-likeness (QED) is 0.894. The zero-order valence-corrected chi connectivity index (χ0v) is 11.5. The molecule has 0 aliphatic rings. The number of hydrogen-bond acceptors (Lipinski definition) is 2. The van der Waals surface area contributed by atoms with Gasteiger partial charge in [-0.25, -0.2) is 0 Å². The lowest BCUT2D eigenvalue weighted by Gasteiger charge is -2.11. The Morgan fingerprint density at radius 2 is 2.06 bits per heavy atom. The van der Waals surface area contributed by atoms with Crippen LogP contribution < -0.4 is 5.73 Å². The van der Waals surface area contributed by atoms with Gasteiger partial charge in [0.1, 0.15) is 0 Å². The minimum absolute atomic E-state index is 0.490. The lowest BCUT2D eigenvalue weighted by molar-refractivity contribution is 0.585. The SMILES string of the molecule is CCc1ccc2nc(CC(C)CN)cc(C)c2c1. The Labute approximate surface area is 109 Å². The van der Waals surface area contributed by atoms with E-state index < -0.39 is 0 Å². The molecule has 2 N–H and O–H groups in total. The van der Waals surface area contributed by atoms with Crippen LogP contribution in [0.15, 0.2) is 24.3 Å². The third kappa shape index (κ3) is 2.70. The van der Waals surface area contributed by atoms with Gasteiger partial charge in [-0.2, -0.15) is 0 Å². The molecule has 2 aromatic rings. The standard InChI is InChI=1S/C16H22N2/c1-4-13-5-6-16-15(9-13)12(3)8-14(18-16)7-11(2)10-17/h5-6,8-9,11H,4,7,10,17H2,1-3H3. The second-order valence-corrected chi connectivity index (χ2v) is 5.18. The first-order valence-electron chi connectivity index (χ1n) is 6.73. The van der Waals surface area contributed by atoms with Crippen LogP contribution >= 0.6 is 0 Å². The summed E-state index contributed by atoms with van der Waals surface area (Å²) in [7, 11) is 0. The Morgan fingerprint density at radius 3 is 2.72 bits per heavy atom. The van der Waals surface area contributed by atoms with Gasteiger partial charge in [0.2, 0.25) is 0 Å². The fraction of sp³-hybridized carbons (Fsp3) is 0.438. The molecular formula is C16H22N2. The number of benzene rings is 1. The molecule has 1 heterocycles. The lowest BCUT2D eigenvalue weighted by Crippen LogP contribution is -2.14. The third-order valence-electron chi connectivity index (χ3n) is 3.50. The van der Waals surface area contributed by atoms with E-state index in [4.69, 9.17) is 10.7 Å². The van der Waals surface area contributed by atoms with E-state index in [1.54, 1.807) is 0 Å². The number of nitrogens with two attached hydrogens (primary N) is 1. The van der Waals surface area contributed by atoms with Crippen LogP contribution in [0.3, 0.4) is 0 Å². The van der Waals surface area contributed by atoms with E-state index in [9.17, 15) is 0 Å². The molecule has 0 saturated carbocycles. The highest BCUT2D eigenvalue weighted by Gasteiger charge is 2.07. The van der Waals surface area contributed by atoms with Crippen molar-refractivity contribution in [2.24, 2.45) is 11.7 Å². The molecule has 0 bridgehead atoms. The van der Waals surface area contributed by atoms with Crippen LogP contribution in [-0.4, -0.2) is 11.5 Å². The molecule has 1 aromatic heterocycles. The molecule has 0 fully saturated rings. The van der Waals surface area contributed by atoms with Gasteiger partial charge in [0, 0.05) is 11.1 Å². The topological polar surface area (TPSA) is 38.9 Å². The molecule has 0 aliphatic heterocycles. The second kappa shape index (κ2) is 5.49. The van der Waals surface area contributed by atoms with Gasteiger partial charge in [-0.1, -0.05) is 19.9 Å². The fourth-order valence-corrected chi connectivity index (χ4v) is 2.28. The smallest absolute Gasteiger partial charge is 0.0708 e. The summed E-state index contributed by atoms with van der Waals surface area (Å²) in [6.45, 7) is 7.23. The van der Waals surface area contributed by atoms with Gasteiger partial charge in [0.25, 0.3) is 0 Å². The van der Waals surface area contributed by atoms with Gasteiger partial charge in [-0.05, 0) is 61.6 Å². The van der Waals surface area contributed by atoms with E-state index in [1.807, 2.05) is 0 Å². The molecule has 0 spiro atoms. The van der Waals surface area contributed by atoms with Crippen LogP contribution in [0.5, 0.6) is 0 Å². The summed E-state index contributed by atoms with van der Waals surface area (Å²) in [5.74, 6) is 0.490. The van der Waals surface area contributed by atoms with Crippen molar-refractivity contribution >= 4 is 10.9 Å². The van der Waals surface area contributed by atoms with Crippen molar-refractivity contribution in [2.45, 2.75) is 33.6 Å². The van der Waals surface area contributed by atoms with E-state index in [1.165, 1.54) is 16.5 Å². The number of pyridine rings is 1. The van der Waals surface area contributed by atoms with Gasteiger partial charge in [-0.15, -0.1) is 0 Å². The number of hydrogen-bond donors (Lipinski definition) is 1. The molecule has 2 nitrogen and oxygen atoms in total. The van der Waals surface area contributed by atoms with Crippen LogP contribution in [0.4, 0.5) is 0 Å². The van der Waals surface area contributed by atoms with Gasteiger partial charge in [0.05, 0.1) is 5.52 Å². The summed E-state index contributed by atoms with van der Waals surface area (Å²) >= 11 is 0. The van der Waals surface area contributed by atoms with Crippen LogP contribution in [0, 0.1) is 12.8 Å². The zero-order valence-electron chi connectivity index (χ0n) is 11.5. The maximum absolute atomic E-state index is 5.68. The Morgan fingerprint density at radius 1 is 1.28 bits per heavy atom. The first-order chi connectivity index (χ1) is 8.63. The van der Waals surface area contributed by atoms with Crippen molar-refractivity contribution in [2.75, 3.05) is 6.54 Å². The van der Waals surface area contributed by atoms with E-state index in [0.29, 0.717) is 12.5 Å². The molecule has 2 rings (SSSR count). The molecule has 1 aromatic carbocycles. The Hall–Kier alpha value is -1.41. The largest absolute Gasteiger partial charge is 0.330 e. The minimum Gasteiger partial charge on any atom is -0.330 e. The summed E-state index contributed by atoms with van der Waals surface area (Å²) in [6, 6.07) is 8.77. The number of nitrogens with zero attached hydrogens (tertiary/aromatic N) is 1.